The number of halogens is 2. The zero-order valence-electron chi connectivity index (χ0n) is 16.2. The number of aromatic nitrogens is 1. The van der Waals surface area contributed by atoms with E-state index in [1.54, 1.807) is 25.6 Å². The Hall–Kier alpha value is -1.07. The van der Waals surface area contributed by atoms with Crippen molar-refractivity contribution in [2.24, 2.45) is 4.99 Å². The maximum atomic E-state index is 5.39. The van der Waals surface area contributed by atoms with Crippen LogP contribution < -0.4 is 14.8 Å². The van der Waals surface area contributed by atoms with E-state index in [2.05, 4.69) is 43.4 Å². The fourth-order valence-corrected chi connectivity index (χ4v) is 3.50. The van der Waals surface area contributed by atoms with E-state index in [0.29, 0.717) is 24.6 Å². The number of benzene rings is 1. The van der Waals surface area contributed by atoms with Crippen LogP contribution in [0.1, 0.15) is 23.2 Å². The van der Waals surface area contributed by atoms with Crippen molar-refractivity contribution in [3.05, 3.63) is 38.3 Å². The van der Waals surface area contributed by atoms with Gasteiger partial charge in [-0.15, -0.1) is 35.3 Å². The molecule has 0 saturated heterocycles. The van der Waals surface area contributed by atoms with E-state index in [-0.39, 0.29) is 24.0 Å². The molecular formula is C18H26BrIN4O2S. The third-order valence-electron chi connectivity index (χ3n) is 3.71. The molecule has 2 rings (SSSR count). The number of nitrogens with zero attached hydrogens (tertiary/aromatic N) is 3. The first kappa shape index (κ1) is 24.0. The van der Waals surface area contributed by atoms with Crippen molar-refractivity contribution in [3.63, 3.8) is 0 Å². The van der Waals surface area contributed by atoms with Crippen LogP contribution in [0, 0.1) is 6.92 Å². The number of methoxy groups -OCH3 is 2. The number of hydrogen-bond donors (Lipinski definition) is 1. The summed E-state index contributed by atoms with van der Waals surface area (Å²) in [5, 5.41) is 6.49. The lowest BCUT2D eigenvalue weighted by Crippen LogP contribution is -2.38. The molecule has 0 saturated carbocycles. The number of guanidine groups is 1. The predicted molar refractivity (Wildman–Crippen MR) is 126 cm³/mol. The number of nitrogens with one attached hydrogen (secondary N) is 1. The van der Waals surface area contributed by atoms with E-state index in [9.17, 15) is 0 Å². The Labute approximate surface area is 190 Å². The van der Waals surface area contributed by atoms with Gasteiger partial charge < -0.3 is 19.7 Å². The van der Waals surface area contributed by atoms with Crippen molar-refractivity contribution in [3.8, 4) is 11.5 Å². The molecule has 0 aliphatic heterocycles. The second-order valence-corrected chi connectivity index (χ2v) is 7.60. The molecule has 150 valence electrons. The molecule has 0 bridgehead atoms. The Morgan fingerprint density at radius 1 is 1.30 bits per heavy atom. The topological polar surface area (TPSA) is 59.0 Å². The summed E-state index contributed by atoms with van der Waals surface area (Å²) >= 11 is 5.25. The van der Waals surface area contributed by atoms with E-state index in [1.165, 1.54) is 0 Å². The largest absolute Gasteiger partial charge is 0.493 e. The van der Waals surface area contributed by atoms with Crippen molar-refractivity contribution in [2.45, 2.75) is 26.9 Å². The molecule has 0 spiro atoms. The third-order valence-corrected chi connectivity index (χ3v) is 5.27. The minimum atomic E-state index is 0. The minimum absolute atomic E-state index is 0. The van der Waals surface area contributed by atoms with Gasteiger partial charge in [0.1, 0.15) is 0 Å². The number of thiazole rings is 1. The van der Waals surface area contributed by atoms with Gasteiger partial charge in [0.2, 0.25) is 0 Å². The monoisotopic (exact) mass is 568 g/mol. The lowest BCUT2D eigenvalue weighted by molar-refractivity contribution is 0.354. The second-order valence-electron chi connectivity index (χ2n) is 5.68. The highest BCUT2D eigenvalue weighted by Gasteiger charge is 2.12. The van der Waals surface area contributed by atoms with E-state index < -0.39 is 0 Å². The molecule has 2 aromatic rings. The highest BCUT2D eigenvalue weighted by molar-refractivity contribution is 14.0. The summed E-state index contributed by atoms with van der Waals surface area (Å²) < 4.78 is 11.7. The summed E-state index contributed by atoms with van der Waals surface area (Å²) in [6.45, 7) is 6.10. The van der Waals surface area contributed by atoms with E-state index in [1.807, 2.05) is 26.1 Å². The van der Waals surface area contributed by atoms with Crippen molar-refractivity contribution in [1.29, 1.82) is 0 Å². The molecular weight excluding hydrogens is 543 g/mol. The third kappa shape index (κ3) is 6.79. The molecule has 1 aromatic carbocycles. The average Bonchev–Trinajstić information content (AvgIpc) is 3.03. The first-order chi connectivity index (χ1) is 12.5. The average molecular weight is 569 g/mol. The van der Waals surface area contributed by atoms with Gasteiger partial charge in [-0.05, 0) is 31.5 Å². The van der Waals surface area contributed by atoms with Crippen LogP contribution >= 0.6 is 51.2 Å². The number of aliphatic imine (C=N–C) groups is 1. The molecule has 0 aliphatic carbocycles. The van der Waals surface area contributed by atoms with Gasteiger partial charge in [-0.2, -0.15) is 0 Å². The Morgan fingerprint density at radius 3 is 2.52 bits per heavy atom. The molecule has 1 N–H and O–H groups in total. The first-order valence-corrected chi connectivity index (χ1v) is 9.96. The van der Waals surface area contributed by atoms with Gasteiger partial charge in [0.25, 0.3) is 0 Å². The van der Waals surface area contributed by atoms with Gasteiger partial charge in [-0.1, -0.05) is 15.9 Å². The summed E-state index contributed by atoms with van der Waals surface area (Å²) in [5.74, 6) is 2.21. The van der Waals surface area contributed by atoms with E-state index in [0.717, 1.165) is 33.2 Å². The fraction of sp³-hybridized carbons (Fsp3) is 0.444. The number of ether oxygens (including phenoxy) is 2. The molecule has 27 heavy (non-hydrogen) atoms. The molecule has 0 aliphatic rings. The summed E-state index contributed by atoms with van der Waals surface area (Å²) in [7, 11) is 5.27. The Kier molecular flexibility index (Phi) is 10.4. The normalized spacial score (nSPS) is 11.0. The van der Waals surface area contributed by atoms with Crippen LogP contribution in [-0.2, 0) is 13.1 Å². The van der Waals surface area contributed by atoms with Gasteiger partial charge in [-0.3, -0.25) is 0 Å². The molecule has 0 amide bonds. The van der Waals surface area contributed by atoms with Crippen LogP contribution in [0.2, 0.25) is 0 Å². The smallest absolute Gasteiger partial charge is 0.194 e. The summed E-state index contributed by atoms with van der Waals surface area (Å²) in [4.78, 5) is 11.4. The maximum Gasteiger partial charge on any atom is 0.194 e. The number of rotatable bonds is 7. The molecule has 6 nitrogen and oxygen atoms in total. The van der Waals surface area contributed by atoms with Crippen LogP contribution in [0.3, 0.4) is 0 Å². The van der Waals surface area contributed by atoms with Crippen molar-refractivity contribution in [2.75, 3.05) is 27.8 Å². The van der Waals surface area contributed by atoms with Crippen LogP contribution in [0.15, 0.2) is 27.0 Å². The zero-order valence-corrected chi connectivity index (χ0v) is 20.9. The molecule has 9 heteroatoms. The summed E-state index contributed by atoms with van der Waals surface area (Å²) in [6, 6.07) is 3.85. The van der Waals surface area contributed by atoms with E-state index in [4.69, 9.17) is 14.5 Å². The zero-order chi connectivity index (χ0) is 19.1. The summed E-state index contributed by atoms with van der Waals surface area (Å²) in [5.41, 5.74) is 2.07. The SMILES string of the molecule is CCNC(=NCc1cc(OC)c(OC)cc1Br)N(C)Cc1csc(C)n1.I. The highest BCUT2D eigenvalue weighted by Crippen LogP contribution is 2.33. The maximum absolute atomic E-state index is 5.39. The number of aryl methyl sites for hydroxylation is 1. The molecule has 1 aromatic heterocycles. The molecule has 1 heterocycles. The quantitative estimate of drug-likeness (QED) is 0.304. The molecule has 0 unspecified atom stereocenters. The van der Waals surface area contributed by atoms with Crippen molar-refractivity contribution in [1.82, 2.24) is 15.2 Å². The second kappa shape index (κ2) is 11.7. The van der Waals surface area contributed by atoms with Crippen LogP contribution in [0.5, 0.6) is 11.5 Å². The molecule has 0 radical (unpaired) electrons. The van der Waals surface area contributed by atoms with Gasteiger partial charge >= 0.3 is 0 Å². The number of hydrogen-bond acceptors (Lipinski definition) is 5. The minimum Gasteiger partial charge on any atom is -0.493 e. The van der Waals surface area contributed by atoms with Gasteiger partial charge in [0, 0.05) is 23.4 Å². The lowest BCUT2D eigenvalue weighted by atomic mass is 10.2. The van der Waals surface area contributed by atoms with Crippen LogP contribution in [-0.4, -0.2) is 43.7 Å². The predicted octanol–water partition coefficient (Wildman–Crippen LogP) is 4.45. The molecule has 0 atom stereocenters. The van der Waals surface area contributed by atoms with E-state index >= 15 is 0 Å². The Bertz CT molecular complexity index is 770. The van der Waals surface area contributed by atoms with Crippen LogP contribution in [0.25, 0.3) is 0 Å². The van der Waals surface area contributed by atoms with Crippen LogP contribution in [0.4, 0.5) is 0 Å². The lowest BCUT2D eigenvalue weighted by Gasteiger charge is -2.21. The standard InChI is InChI=1S/C18H25BrN4O2S.HI/c1-6-20-18(23(3)10-14-11-26-12(2)22-14)21-9-13-7-16(24-4)17(25-5)8-15(13)19;/h7-8,11H,6,9-10H2,1-5H3,(H,20,21);1H. The summed E-state index contributed by atoms with van der Waals surface area (Å²) in [6.07, 6.45) is 0. The molecule has 0 fully saturated rings. The Morgan fingerprint density at radius 2 is 1.96 bits per heavy atom. The van der Waals surface area contributed by atoms with Gasteiger partial charge in [0.05, 0.1) is 38.0 Å². The van der Waals surface area contributed by atoms with Crippen molar-refractivity contribution < 1.29 is 9.47 Å². The first-order valence-electron chi connectivity index (χ1n) is 8.29. The van der Waals surface area contributed by atoms with Crippen molar-refractivity contribution >= 4 is 57.2 Å². The fourth-order valence-electron chi connectivity index (χ4n) is 2.45. The van der Waals surface area contributed by atoms with Gasteiger partial charge in [-0.25, -0.2) is 9.98 Å². The van der Waals surface area contributed by atoms with Gasteiger partial charge in [0.15, 0.2) is 17.5 Å². The highest BCUT2D eigenvalue weighted by atomic mass is 127. The Balaban J connectivity index is 0.00000364.